The van der Waals surface area contributed by atoms with E-state index in [0.717, 1.165) is 13.1 Å². The number of nitriles is 1. The third-order valence-corrected chi connectivity index (χ3v) is 4.75. The summed E-state index contributed by atoms with van der Waals surface area (Å²) in [6.45, 7) is 2.55. The Hall–Kier alpha value is -1.42. The topological polar surface area (TPSA) is 77.8 Å². The number of benzene rings is 1. The summed E-state index contributed by atoms with van der Waals surface area (Å²) in [4.78, 5) is 0.115. The number of nitrogens with two attached hydrogens (primary N) is 1. The van der Waals surface area contributed by atoms with Crippen molar-refractivity contribution in [2.75, 3.05) is 26.2 Å². The molecule has 0 atom stereocenters. The Morgan fingerprint density at radius 2 is 1.88 bits per heavy atom. The van der Waals surface area contributed by atoms with Gasteiger partial charge in [0.25, 0.3) is 0 Å². The first kappa shape index (κ1) is 12.0. The number of sulfonamides is 1. The summed E-state index contributed by atoms with van der Waals surface area (Å²) in [6, 6.07) is 8.26. The quantitative estimate of drug-likeness (QED) is 0.743. The molecule has 0 unspecified atom stereocenters. The van der Waals surface area contributed by atoms with Crippen LogP contribution in [0.25, 0.3) is 0 Å². The maximum atomic E-state index is 12.3. The molecule has 1 fully saturated rings. The summed E-state index contributed by atoms with van der Waals surface area (Å²) in [5, 5.41) is 11.0. The van der Waals surface area contributed by atoms with Crippen LogP contribution < -0.4 is 5.32 Å². The first-order valence-corrected chi connectivity index (χ1v) is 6.91. The first-order valence-electron chi connectivity index (χ1n) is 5.47. The van der Waals surface area contributed by atoms with Gasteiger partial charge in [0.1, 0.15) is 6.07 Å². The summed E-state index contributed by atoms with van der Waals surface area (Å²) in [5.74, 6) is 0. The van der Waals surface area contributed by atoms with E-state index in [-0.39, 0.29) is 10.5 Å². The van der Waals surface area contributed by atoms with Crippen molar-refractivity contribution in [3.05, 3.63) is 29.8 Å². The second kappa shape index (κ2) is 4.84. The van der Waals surface area contributed by atoms with Crippen LogP contribution >= 0.6 is 0 Å². The van der Waals surface area contributed by atoms with Crippen molar-refractivity contribution in [1.29, 1.82) is 5.26 Å². The van der Waals surface area contributed by atoms with E-state index in [2.05, 4.69) is 5.32 Å². The Morgan fingerprint density at radius 3 is 2.53 bits per heavy atom. The third kappa shape index (κ3) is 2.31. The molecule has 1 saturated heterocycles. The van der Waals surface area contributed by atoms with E-state index >= 15 is 0 Å². The van der Waals surface area contributed by atoms with Gasteiger partial charge in [-0.15, -0.1) is 0 Å². The largest absolute Gasteiger partial charge is 0.344 e. The highest BCUT2D eigenvalue weighted by atomic mass is 32.2. The maximum Gasteiger partial charge on any atom is 0.244 e. The van der Waals surface area contributed by atoms with E-state index in [9.17, 15) is 8.42 Å². The number of rotatable bonds is 2. The first-order chi connectivity index (χ1) is 8.16. The second-order valence-electron chi connectivity index (χ2n) is 3.88. The molecule has 1 aliphatic heterocycles. The molecule has 2 N–H and O–H groups in total. The van der Waals surface area contributed by atoms with Crippen molar-refractivity contribution < 1.29 is 13.7 Å². The van der Waals surface area contributed by atoms with Crippen LogP contribution in [0.15, 0.2) is 29.2 Å². The molecule has 1 heterocycles. The van der Waals surface area contributed by atoms with Gasteiger partial charge in [0.15, 0.2) is 0 Å². The highest BCUT2D eigenvalue weighted by Crippen LogP contribution is 2.19. The fourth-order valence-electron chi connectivity index (χ4n) is 1.89. The molecule has 0 aromatic heterocycles. The van der Waals surface area contributed by atoms with Gasteiger partial charge in [-0.1, -0.05) is 12.1 Å². The van der Waals surface area contributed by atoms with Crippen LogP contribution in [0.5, 0.6) is 0 Å². The lowest BCUT2D eigenvalue weighted by Crippen LogP contribution is -2.89. The van der Waals surface area contributed by atoms with Crippen molar-refractivity contribution in [3.63, 3.8) is 0 Å². The van der Waals surface area contributed by atoms with Gasteiger partial charge in [-0.2, -0.15) is 9.57 Å². The highest BCUT2D eigenvalue weighted by Gasteiger charge is 2.28. The Kier molecular flexibility index (Phi) is 3.43. The van der Waals surface area contributed by atoms with Gasteiger partial charge < -0.3 is 5.32 Å². The van der Waals surface area contributed by atoms with E-state index in [1.54, 1.807) is 12.1 Å². The van der Waals surface area contributed by atoms with E-state index in [0.29, 0.717) is 13.1 Å². The maximum absolute atomic E-state index is 12.3. The van der Waals surface area contributed by atoms with Gasteiger partial charge >= 0.3 is 0 Å². The van der Waals surface area contributed by atoms with Gasteiger partial charge in [-0.25, -0.2) is 8.42 Å². The summed E-state index contributed by atoms with van der Waals surface area (Å²) in [7, 11) is -3.51. The third-order valence-electron chi connectivity index (χ3n) is 2.79. The molecule has 0 spiro atoms. The minimum Gasteiger partial charge on any atom is -0.344 e. The van der Waals surface area contributed by atoms with Gasteiger partial charge in [-0.3, -0.25) is 0 Å². The van der Waals surface area contributed by atoms with Crippen LogP contribution in [-0.4, -0.2) is 38.9 Å². The highest BCUT2D eigenvalue weighted by molar-refractivity contribution is 7.89. The van der Waals surface area contributed by atoms with E-state index in [1.165, 1.54) is 16.4 Å². The average molecular weight is 252 g/mol. The summed E-state index contributed by atoms with van der Waals surface area (Å²) in [5.41, 5.74) is 0.210. The minimum absolute atomic E-state index is 0.115. The number of hydrogen-bond donors (Lipinski definition) is 1. The lowest BCUT2D eigenvalue weighted by atomic mass is 10.2. The molecule has 1 aromatic carbocycles. The van der Waals surface area contributed by atoms with Gasteiger partial charge in [-0.05, 0) is 12.1 Å². The van der Waals surface area contributed by atoms with Crippen LogP contribution in [0, 0.1) is 11.3 Å². The van der Waals surface area contributed by atoms with Gasteiger partial charge in [0.05, 0.1) is 36.6 Å². The zero-order valence-electron chi connectivity index (χ0n) is 9.33. The molecule has 0 radical (unpaired) electrons. The molecule has 90 valence electrons. The number of quaternary nitrogens is 1. The van der Waals surface area contributed by atoms with Crippen LogP contribution in [0.3, 0.4) is 0 Å². The van der Waals surface area contributed by atoms with Crippen molar-refractivity contribution in [3.8, 4) is 6.07 Å². The summed E-state index contributed by atoms with van der Waals surface area (Å²) >= 11 is 0. The Bertz CT molecular complexity index is 542. The van der Waals surface area contributed by atoms with Crippen molar-refractivity contribution in [1.82, 2.24) is 4.31 Å². The standard InChI is InChI=1S/C11H13N3O2S/c12-9-10-3-1-2-4-11(10)17(15,16)14-7-5-13-6-8-14/h1-4,13H,5-8H2/p+1. The Labute approximate surface area is 101 Å². The average Bonchev–Trinajstić information content (AvgIpc) is 2.39. The van der Waals surface area contributed by atoms with Gasteiger partial charge in [0, 0.05) is 0 Å². The van der Waals surface area contributed by atoms with Crippen LogP contribution in [0.4, 0.5) is 0 Å². The van der Waals surface area contributed by atoms with Crippen molar-refractivity contribution in [2.24, 2.45) is 0 Å². The molecule has 0 amide bonds. The van der Waals surface area contributed by atoms with Crippen LogP contribution in [0.2, 0.25) is 0 Å². The lowest BCUT2D eigenvalue weighted by molar-refractivity contribution is -0.661. The molecular weight excluding hydrogens is 238 g/mol. The predicted molar refractivity (Wildman–Crippen MR) is 61.6 cm³/mol. The number of piperazine rings is 1. The van der Waals surface area contributed by atoms with E-state index < -0.39 is 10.0 Å². The van der Waals surface area contributed by atoms with Crippen molar-refractivity contribution in [2.45, 2.75) is 4.90 Å². The number of hydrogen-bond acceptors (Lipinski definition) is 3. The normalized spacial score (nSPS) is 17.6. The zero-order valence-corrected chi connectivity index (χ0v) is 10.2. The van der Waals surface area contributed by atoms with Crippen molar-refractivity contribution >= 4 is 10.0 Å². The molecule has 5 nitrogen and oxygen atoms in total. The lowest BCUT2D eigenvalue weighted by Gasteiger charge is -2.24. The molecular formula is C11H14N3O2S+. The predicted octanol–water partition coefficient (Wildman–Crippen LogP) is -0.874. The SMILES string of the molecule is N#Cc1ccccc1S(=O)(=O)N1CC[NH2+]CC1. The van der Waals surface area contributed by atoms with E-state index in [4.69, 9.17) is 5.26 Å². The molecule has 17 heavy (non-hydrogen) atoms. The molecule has 0 aliphatic carbocycles. The summed E-state index contributed by atoms with van der Waals surface area (Å²) < 4.78 is 26.1. The molecule has 6 heteroatoms. The molecule has 1 aromatic rings. The molecule has 0 bridgehead atoms. The fraction of sp³-hybridized carbons (Fsp3) is 0.364. The monoisotopic (exact) mass is 252 g/mol. The van der Waals surface area contributed by atoms with Gasteiger partial charge in [0.2, 0.25) is 10.0 Å². The zero-order chi connectivity index (χ0) is 12.3. The molecule has 0 saturated carbocycles. The molecule has 1 aliphatic rings. The second-order valence-corrected chi connectivity index (χ2v) is 5.78. The smallest absolute Gasteiger partial charge is 0.244 e. The van der Waals surface area contributed by atoms with Crippen LogP contribution in [-0.2, 0) is 10.0 Å². The number of nitrogens with zero attached hydrogens (tertiary/aromatic N) is 2. The molecule has 2 rings (SSSR count). The Morgan fingerprint density at radius 1 is 1.24 bits per heavy atom. The minimum atomic E-state index is -3.51. The summed E-state index contributed by atoms with van der Waals surface area (Å²) in [6.07, 6.45) is 0. The Balaban J connectivity index is 2.41. The fourth-order valence-corrected chi connectivity index (χ4v) is 3.50. The van der Waals surface area contributed by atoms with Crippen LogP contribution in [0.1, 0.15) is 5.56 Å². The van der Waals surface area contributed by atoms with E-state index in [1.807, 2.05) is 6.07 Å².